The van der Waals surface area contributed by atoms with Gasteiger partial charge < -0.3 is 19.9 Å². The highest BCUT2D eigenvalue weighted by atomic mass is 19.1. The van der Waals surface area contributed by atoms with Gasteiger partial charge in [-0.15, -0.1) is 0 Å². The highest BCUT2D eigenvalue weighted by molar-refractivity contribution is 5.96. The number of carboxylic acids is 1. The molecule has 1 aromatic heterocycles. The quantitative estimate of drug-likeness (QED) is 0.884. The van der Waals surface area contributed by atoms with Crippen LogP contribution in [0.15, 0.2) is 17.6 Å². The lowest BCUT2D eigenvalue weighted by Crippen LogP contribution is -2.44. The molecule has 2 N–H and O–H groups in total. The molecule has 8 heteroatoms. The minimum absolute atomic E-state index is 0.0753. The van der Waals surface area contributed by atoms with Gasteiger partial charge >= 0.3 is 5.97 Å². The number of aryl methyl sites for hydroxylation is 1. The van der Waals surface area contributed by atoms with Crippen LogP contribution in [-0.4, -0.2) is 41.8 Å². The molecule has 132 valence electrons. The number of anilines is 1. The zero-order chi connectivity index (χ0) is 18.3. The number of rotatable bonds is 3. The molecule has 6 nitrogen and oxygen atoms in total. The molecule has 0 saturated carbocycles. The van der Waals surface area contributed by atoms with Gasteiger partial charge in [0.1, 0.15) is 11.3 Å². The molecular formula is C17H17F2N3O3. The summed E-state index contributed by atoms with van der Waals surface area (Å²) < 4.78 is 31.2. The van der Waals surface area contributed by atoms with E-state index < -0.39 is 28.6 Å². The molecule has 1 aliphatic heterocycles. The summed E-state index contributed by atoms with van der Waals surface area (Å²) in [6, 6.07) is 0. The Balaban J connectivity index is 2.44. The van der Waals surface area contributed by atoms with Gasteiger partial charge in [-0.2, -0.15) is 0 Å². The molecule has 0 radical (unpaired) electrons. The number of nitrogens with one attached hydrogen (secondary N) is 1. The molecule has 0 unspecified atom stereocenters. The average Bonchev–Trinajstić information content (AvgIpc) is 2.60. The Labute approximate surface area is 142 Å². The van der Waals surface area contributed by atoms with E-state index in [0.717, 1.165) is 10.8 Å². The Morgan fingerprint density at radius 3 is 2.52 bits per heavy atom. The van der Waals surface area contributed by atoms with Crippen LogP contribution in [-0.2, 0) is 0 Å². The van der Waals surface area contributed by atoms with Gasteiger partial charge in [0, 0.05) is 44.1 Å². The number of hydrogen-bond acceptors (Lipinski definition) is 4. The molecule has 3 rings (SSSR count). The monoisotopic (exact) mass is 349 g/mol. The summed E-state index contributed by atoms with van der Waals surface area (Å²) in [4.78, 5) is 25.3. The van der Waals surface area contributed by atoms with Crippen molar-refractivity contribution < 1.29 is 18.7 Å². The topological polar surface area (TPSA) is 74.6 Å². The molecule has 0 amide bonds. The van der Waals surface area contributed by atoms with E-state index in [9.17, 15) is 19.1 Å². The number of carboxylic acid groups (broad SMARTS) is 1. The van der Waals surface area contributed by atoms with E-state index in [-0.39, 0.29) is 22.2 Å². The smallest absolute Gasteiger partial charge is 0.341 e. The molecule has 1 fully saturated rings. The van der Waals surface area contributed by atoms with Gasteiger partial charge in [-0.05, 0) is 6.92 Å². The maximum atomic E-state index is 15.2. The minimum atomic E-state index is -1.46. The van der Waals surface area contributed by atoms with Crippen molar-refractivity contribution >= 4 is 28.8 Å². The standard InChI is InChI=1S/C17H17F2N3O3/c1-3-21-8-10(17(24)25)16(23)11-9(2)12(18)15(13(19)14(11)21)22-6-4-20-5-7-22/h3,8,20H,1,4-7H2,2H3,(H,24,25). The summed E-state index contributed by atoms with van der Waals surface area (Å²) in [7, 11) is 0. The lowest BCUT2D eigenvalue weighted by Gasteiger charge is -2.31. The van der Waals surface area contributed by atoms with E-state index in [1.54, 1.807) is 4.90 Å². The lowest BCUT2D eigenvalue weighted by atomic mass is 10.0. The van der Waals surface area contributed by atoms with E-state index in [1.807, 2.05) is 0 Å². The zero-order valence-corrected chi connectivity index (χ0v) is 13.6. The van der Waals surface area contributed by atoms with E-state index >= 15 is 4.39 Å². The first kappa shape index (κ1) is 17.1. The summed E-state index contributed by atoms with van der Waals surface area (Å²) in [5, 5.41) is 12.0. The second-order valence-corrected chi connectivity index (χ2v) is 5.83. The molecule has 1 saturated heterocycles. The number of piperazine rings is 1. The summed E-state index contributed by atoms with van der Waals surface area (Å²) in [5.41, 5.74) is -1.93. The van der Waals surface area contributed by atoms with Crippen molar-refractivity contribution in [3.8, 4) is 0 Å². The molecule has 2 aromatic rings. The van der Waals surface area contributed by atoms with Crippen molar-refractivity contribution in [2.24, 2.45) is 0 Å². The molecule has 0 spiro atoms. The fourth-order valence-corrected chi connectivity index (χ4v) is 3.16. The number of fused-ring (bicyclic) bond motifs is 1. The molecular weight excluding hydrogens is 332 g/mol. The number of carbonyl (C=O) groups is 1. The van der Waals surface area contributed by atoms with Crippen LogP contribution in [0.1, 0.15) is 15.9 Å². The van der Waals surface area contributed by atoms with Gasteiger partial charge in [-0.25, -0.2) is 13.6 Å². The third-order valence-corrected chi connectivity index (χ3v) is 4.42. The fourth-order valence-electron chi connectivity index (χ4n) is 3.16. The third-order valence-electron chi connectivity index (χ3n) is 4.42. The third kappa shape index (κ3) is 2.58. The number of aromatic carboxylic acids is 1. The van der Waals surface area contributed by atoms with Crippen LogP contribution >= 0.6 is 0 Å². The van der Waals surface area contributed by atoms with Gasteiger partial charge in [0.15, 0.2) is 11.6 Å². The number of nitrogens with zero attached hydrogens (tertiary/aromatic N) is 2. The van der Waals surface area contributed by atoms with Crippen LogP contribution < -0.4 is 15.6 Å². The van der Waals surface area contributed by atoms with Crippen molar-refractivity contribution in [2.45, 2.75) is 6.92 Å². The maximum Gasteiger partial charge on any atom is 0.341 e. The Morgan fingerprint density at radius 2 is 1.96 bits per heavy atom. The Morgan fingerprint density at radius 1 is 1.32 bits per heavy atom. The SMILES string of the molecule is C=Cn1cc(C(=O)O)c(=O)c2c(C)c(F)c(N3CCNCC3)c(F)c21. The highest BCUT2D eigenvalue weighted by Gasteiger charge is 2.27. The van der Waals surface area contributed by atoms with Crippen molar-refractivity contribution in [1.82, 2.24) is 9.88 Å². The second kappa shape index (κ2) is 6.29. The summed E-state index contributed by atoms with van der Waals surface area (Å²) in [5.74, 6) is -3.20. The molecule has 1 aliphatic rings. The Kier molecular flexibility index (Phi) is 4.30. The van der Waals surface area contributed by atoms with Gasteiger partial charge in [-0.1, -0.05) is 6.58 Å². The number of halogens is 2. The van der Waals surface area contributed by atoms with E-state index in [2.05, 4.69) is 11.9 Å². The Hall–Kier alpha value is -2.74. The van der Waals surface area contributed by atoms with Crippen LogP contribution in [0, 0.1) is 18.6 Å². The lowest BCUT2D eigenvalue weighted by molar-refractivity contribution is 0.0695. The predicted molar refractivity (Wildman–Crippen MR) is 91.3 cm³/mol. The molecule has 0 aliphatic carbocycles. The average molecular weight is 349 g/mol. The molecule has 1 aromatic carbocycles. The Bertz CT molecular complexity index is 947. The zero-order valence-electron chi connectivity index (χ0n) is 13.6. The van der Waals surface area contributed by atoms with Crippen molar-refractivity contribution in [1.29, 1.82) is 0 Å². The van der Waals surface area contributed by atoms with Crippen molar-refractivity contribution in [3.05, 3.63) is 45.8 Å². The summed E-state index contributed by atoms with van der Waals surface area (Å²) in [6.45, 7) is 6.89. The van der Waals surface area contributed by atoms with E-state index in [4.69, 9.17) is 0 Å². The van der Waals surface area contributed by atoms with Crippen LogP contribution in [0.3, 0.4) is 0 Å². The first-order chi connectivity index (χ1) is 11.9. The maximum absolute atomic E-state index is 15.2. The van der Waals surface area contributed by atoms with Crippen molar-refractivity contribution in [3.63, 3.8) is 0 Å². The van der Waals surface area contributed by atoms with Crippen LogP contribution in [0.25, 0.3) is 17.1 Å². The number of aromatic nitrogens is 1. The van der Waals surface area contributed by atoms with Crippen LogP contribution in [0.2, 0.25) is 0 Å². The molecule has 2 heterocycles. The predicted octanol–water partition coefficient (Wildman–Crippen LogP) is 1.80. The first-order valence-corrected chi connectivity index (χ1v) is 7.76. The minimum Gasteiger partial charge on any atom is -0.477 e. The highest BCUT2D eigenvalue weighted by Crippen LogP contribution is 2.33. The molecule has 25 heavy (non-hydrogen) atoms. The normalized spacial score (nSPS) is 14.8. The van der Waals surface area contributed by atoms with Crippen LogP contribution in [0.4, 0.5) is 14.5 Å². The van der Waals surface area contributed by atoms with Crippen molar-refractivity contribution in [2.75, 3.05) is 31.1 Å². The molecule has 0 bridgehead atoms. The number of benzene rings is 1. The van der Waals surface area contributed by atoms with Gasteiger partial charge in [0.05, 0.1) is 10.9 Å². The first-order valence-electron chi connectivity index (χ1n) is 7.76. The van der Waals surface area contributed by atoms with E-state index in [1.165, 1.54) is 13.1 Å². The summed E-state index contributed by atoms with van der Waals surface area (Å²) >= 11 is 0. The summed E-state index contributed by atoms with van der Waals surface area (Å²) in [6.07, 6.45) is 2.19. The largest absolute Gasteiger partial charge is 0.477 e. The fraction of sp³-hybridized carbons (Fsp3) is 0.294. The van der Waals surface area contributed by atoms with Gasteiger partial charge in [-0.3, -0.25) is 4.79 Å². The van der Waals surface area contributed by atoms with E-state index in [0.29, 0.717) is 26.2 Å². The number of pyridine rings is 1. The van der Waals surface area contributed by atoms with Gasteiger partial charge in [0.25, 0.3) is 0 Å². The van der Waals surface area contributed by atoms with Gasteiger partial charge in [0.2, 0.25) is 5.43 Å². The number of hydrogen-bond donors (Lipinski definition) is 2. The molecule has 0 atom stereocenters. The second-order valence-electron chi connectivity index (χ2n) is 5.83. The van der Waals surface area contributed by atoms with Crippen LogP contribution in [0.5, 0.6) is 0 Å².